The number of Topliss-reactive ketones (excluding diaryl/α,β-unsaturated/α-hetero) is 1. The van der Waals surface area contributed by atoms with Crippen molar-refractivity contribution in [1.82, 2.24) is 9.80 Å². The Hall–Kier alpha value is -7.49. The predicted octanol–water partition coefficient (Wildman–Crippen LogP) is 7.77. The summed E-state index contributed by atoms with van der Waals surface area (Å²) in [5.74, 6) is -3.88. The van der Waals surface area contributed by atoms with E-state index in [4.69, 9.17) is 28.4 Å². The second-order valence-electron chi connectivity index (χ2n) is 18.7. The molecule has 16 nitrogen and oxygen atoms in total. The number of aryl methyl sites for hydroxylation is 1. The van der Waals surface area contributed by atoms with Gasteiger partial charge in [-0.1, -0.05) is 73.3 Å². The number of fused-ring (bicyclic) bond motifs is 3. The maximum atomic E-state index is 14.8. The maximum absolute atomic E-state index is 14.8. The Balaban J connectivity index is 1.27. The molecule has 2 atom stereocenters. The number of carbonyl (C=O) groups is 7. The lowest BCUT2D eigenvalue weighted by Crippen LogP contribution is -2.62. The molecule has 6 rings (SSSR count). The van der Waals surface area contributed by atoms with E-state index in [1.165, 1.54) is 33.0 Å². The highest BCUT2D eigenvalue weighted by atomic mass is 16.6. The quantitative estimate of drug-likeness (QED) is 0.0415. The average Bonchev–Trinajstić information content (AvgIpc) is 3.67. The molecule has 2 aliphatic rings. The maximum Gasteiger partial charge on any atom is 0.409 e. The van der Waals surface area contributed by atoms with Gasteiger partial charge in [0.1, 0.15) is 31.0 Å². The van der Waals surface area contributed by atoms with Gasteiger partial charge in [0, 0.05) is 37.2 Å². The third-order valence-corrected chi connectivity index (χ3v) is 12.0. The topological polar surface area (TPSA) is 193 Å². The molecule has 1 N–H and O–H groups in total. The first-order valence-electron chi connectivity index (χ1n) is 23.1. The molecule has 1 heterocycles. The minimum absolute atomic E-state index is 0.00330. The fraction of sp³-hybridized carbons (Fsp3) is 0.389. The van der Waals surface area contributed by atoms with Crippen molar-refractivity contribution in [1.29, 1.82) is 0 Å². The molecule has 1 aliphatic carbocycles. The Morgan fingerprint density at radius 1 is 0.786 bits per heavy atom. The molecule has 0 aromatic heterocycles. The number of benzene rings is 4. The largest absolute Gasteiger partial charge is 0.493 e. The summed E-state index contributed by atoms with van der Waals surface area (Å²) in [6.45, 7) is 10.3. The number of ketones is 1. The molecular weight excluding hydrogens is 899 g/mol. The van der Waals surface area contributed by atoms with Crippen LogP contribution in [-0.4, -0.2) is 110 Å². The Kier molecular flexibility index (Phi) is 16.9. The lowest BCUT2D eigenvalue weighted by molar-refractivity contribution is -0.166. The summed E-state index contributed by atoms with van der Waals surface area (Å²) in [6, 6.07) is 26.4. The standard InChI is InChI=1S/C54H61N3O13/c1-9-47(59)68-33-54(5,6)49(61)50(62)57-28-27-56(52(64)67-32-41-39-19-12-10-17-37(39)38-18-11-13-20-40(38)41)31-42(57)51(63)69-43(23-21-34-22-24-44(65-7)45(29-34)66-8)35-15-14-16-36(30-35)55-46(58)25-26-48(60)70-53(2,3)4/h9-20,22,24,29-30,41-43H,1,21,23,25-28,31-33H2,2-8H3,(H,55,58)/t42-,43?/m0/s1. The van der Waals surface area contributed by atoms with Crippen molar-refractivity contribution < 1.29 is 62.0 Å². The lowest BCUT2D eigenvalue weighted by atomic mass is 9.87. The van der Waals surface area contributed by atoms with E-state index in [-0.39, 0.29) is 51.4 Å². The summed E-state index contributed by atoms with van der Waals surface area (Å²) < 4.78 is 33.7. The number of hydrogen-bond acceptors (Lipinski definition) is 13. The summed E-state index contributed by atoms with van der Waals surface area (Å²) >= 11 is 0. The van der Waals surface area contributed by atoms with Crippen molar-refractivity contribution in [2.45, 2.75) is 84.0 Å². The van der Waals surface area contributed by atoms with E-state index in [1.54, 1.807) is 57.2 Å². The molecule has 4 aromatic carbocycles. The van der Waals surface area contributed by atoms with Crippen LogP contribution in [0.1, 0.15) is 88.2 Å². The van der Waals surface area contributed by atoms with E-state index < -0.39 is 71.4 Å². The van der Waals surface area contributed by atoms with Gasteiger partial charge < -0.3 is 43.5 Å². The summed E-state index contributed by atoms with van der Waals surface area (Å²) in [5.41, 5.74) is 3.55. The normalized spacial score (nSPS) is 14.8. The Morgan fingerprint density at radius 2 is 1.46 bits per heavy atom. The molecule has 0 spiro atoms. The molecule has 0 radical (unpaired) electrons. The van der Waals surface area contributed by atoms with Crippen molar-refractivity contribution in [3.05, 3.63) is 126 Å². The molecule has 1 fully saturated rings. The number of hydrogen-bond donors (Lipinski definition) is 1. The van der Waals surface area contributed by atoms with Gasteiger partial charge in [0.15, 0.2) is 11.5 Å². The molecule has 1 saturated heterocycles. The minimum atomic E-state index is -1.51. The average molecular weight is 960 g/mol. The van der Waals surface area contributed by atoms with E-state index in [9.17, 15) is 33.6 Å². The fourth-order valence-corrected chi connectivity index (χ4v) is 8.37. The molecule has 4 aromatic rings. The van der Waals surface area contributed by atoms with E-state index in [0.29, 0.717) is 29.2 Å². The number of rotatable bonds is 19. The number of nitrogens with zero attached hydrogens (tertiary/aromatic N) is 2. The smallest absolute Gasteiger partial charge is 0.409 e. The third-order valence-electron chi connectivity index (χ3n) is 12.0. The van der Waals surface area contributed by atoms with Crippen LogP contribution in [0.4, 0.5) is 10.5 Å². The first-order chi connectivity index (χ1) is 33.3. The Morgan fingerprint density at radius 3 is 2.10 bits per heavy atom. The molecule has 370 valence electrons. The Bertz CT molecular complexity index is 2570. The van der Waals surface area contributed by atoms with Gasteiger partial charge in [-0.2, -0.15) is 0 Å². The van der Waals surface area contributed by atoms with Gasteiger partial charge in [0.2, 0.25) is 11.7 Å². The van der Waals surface area contributed by atoms with Crippen LogP contribution in [0.2, 0.25) is 0 Å². The van der Waals surface area contributed by atoms with Crippen LogP contribution < -0.4 is 14.8 Å². The summed E-state index contributed by atoms with van der Waals surface area (Å²) in [7, 11) is 3.04. The molecular formula is C54H61N3O13. The number of carbonyl (C=O) groups excluding carboxylic acids is 7. The molecule has 0 saturated carbocycles. The number of nitrogens with one attached hydrogen (secondary N) is 1. The number of piperazine rings is 1. The van der Waals surface area contributed by atoms with E-state index in [2.05, 4.69) is 11.9 Å². The van der Waals surface area contributed by atoms with Gasteiger partial charge in [-0.25, -0.2) is 14.4 Å². The second-order valence-corrected chi connectivity index (χ2v) is 18.7. The monoisotopic (exact) mass is 959 g/mol. The minimum Gasteiger partial charge on any atom is -0.493 e. The number of esters is 3. The highest BCUT2D eigenvalue weighted by Crippen LogP contribution is 2.44. The zero-order valence-electron chi connectivity index (χ0n) is 40.7. The van der Waals surface area contributed by atoms with Gasteiger partial charge in [-0.3, -0.25) is 19.2 Å². The van der Waals surface area contributed by atoms with Crippen LogP contribution >= 0.6 is 0 Å². The van der Waals surface area contributed by atoms with Gasteiger partial charge in [0.25, 0.3) is 5.91 Å². The van der Waals surface area contributed by atoms with Gasteiger partial charge in [0.05, 0.1) is 32.6 Å². The van der Waals surface area contributed by atoms with Crippen LogP contribution in [0.5, 0.6) is 11.5 Å². The van der Waals surface area contributed by atoms with Gasteiger partial charge >= 0.3 is 24.0 Å². The van der Waals surface area contributed by atoms with Crippen LogP contribution in [0.15, 0.2) is 104 Å². The van der Waals surface area contributed by atoms with E-state index >= 15 is 0 Å². The van der Waals surface area contributed by atoms with Gasteiger partial charge in [-0.05, 0) is 105 Å². The molecule has 16 heteroatoms. The highest BCUT2D eigenvalue weighted by Gasteiger charge is 2.45. The number of amides is 3. The fourth-order valence-electron chi connectivity index (χ4n) is 8.37. The zero-order valence-corrected chi connectivity index (χ0v) is 40.7. The van der Waals surface area contributed by atoms with Gasteiger partial charge in [-0.15, -0.1) is 0 Å². The zero-order chi connectivity index (χ0) is 50.8. The first kappa shape index (κ1) is 51.9. The SMILES string of the molecule is C=CC(=O)OCC(C)(C)C(=O)C(=O)N1CCN(C(=O)OCC2c3ccccc3-c3ccccc32)C[C@H]1C(=O)OC(CCc1ccc(OC)c(OC)c1)c1cccc(NC(=O)CCC(=O)OC(C)(C)C)c1. The first-order valence-corrected chi connectivity index (χ1v) is 23.1. The number of methoxy groups -OCH3 is 2. The summed E-state index contributed by atoms with van der Waals surface area (Å²) in [6.07, 6.45) is -0.544. The predicted molar refractivity (Wildman–Crippen MR) is 259 cm³/mol. The van der Waals surface area contributed by atoms with Crippen LogP contribution in [0, 0.1) is 5.41 Å². The molecule has 70 heavy (non-hydrogen) atoms. The molecule has 3 amide bonds. The third kappa shape index (κ3) is 13.0. The Labute approximate surface area is 408 Å². The van der Waals surface area contributed by atoms with E-state index in [0.717, 1.165) is 38.8 Å². The van der Waals surface area contributed by atoms with Crippen LogP contribution in [0.25, 0.3) is 11.1 Å². The van der Waals surface area contributed by atoms with E-state index in [1.807, 2.05) is 54.6 Å². The second kappa shape index (κ2) is 22.7. The van der Waals surface area contributed by atoms with Crippen molar-refractivity contribution in [3.63, 3.8) is 0 Å². The lowest BCUT2D eigenvalue weighted by Gasteiger charge is -2.40. The van der Waals surface area contributed by atoms with Crippen molar-refractivity contribution in [3.8, 4) is 22.6 Å². The van der Waals surface area contributed by atoms with Crippen LogP contribution in [-0.2, 0) is 54.1 Å². The summed E-state index contributed by atoms with van der Waals surface area (Å²) in [4.78, 5) is 96.7. The van der Waals surface area contributed by atoms with Crippen molar-refractivity contribution >= 4 is 47.3 Å². The van der Waals surface area contributed by atoms with Crippen molar-refractivity contribution in [2.24, 2.45) is 5.41 Å². The van der Waals surface area contributed by atoms with Crippen LogP contribution in [0.3, 0.4) is 0 Å². The molecule has 1 aliphatic heterocycles. The number of anilines is 1. The molecule has 1 unspecified atom stereocenters. The van der Waals surface area contributed by atoms with Crippen molar-refractivity contribution in [2.75, 3.05) is 52.4 Å². The highest BCUT2D eigenvalue weighted by molar-refractivity contribution is 6.38. The number of ether oxygens (including phenoxy) is 6. The molecule has 0 bridgehead atoms. The summed E-state index contributed by atoms with van der Waals surface area (Å²) in [5, 5.41) is 2.80.